The fraction of sp³-hybridized carbons (Fsp3) is 0.111. The third kappa shape index (κ3) is 1.74. The van der Waals surface area contributed by atoms with Gasteiger partial charge in [0.25, 0.3) is 5.56 Å². The Morgan fingerprint density at radius 3 is 2.94 bits per heavy atom. The van der Waals surface area contributed by atoms with Crippen molar-refractivity contribution in [3.05, 3.63) is 34.4 Å². The number of hydrogen-bond acceptors (Lipinski definition) is 4. The number of nitrogens with zero attached hydrogens (tertiary/aromatic N) is 3. The molecule has 0 fully saturated rings. The van der Waals surface area contributed by atoms with E-state index < -0.39 is 23.9 Å². The zero-order chi connectivity index (χ0) is 11.7. The number of carboxylic acid groups (broad SMARTS) is 1. The van der Waals surface area contributed by atoms with Crippen molar-refractivity contribution in [2.45, 2.75) is 6.54 Å². The molecule has 0 saturated heterocycles. The maximum absolute atomic E-state index is 12.9. The average molecular weight is 223 g/mol. The molecule has 0 aliphatic heterocycles. The monoisotopic (exact) mass is 223 g/mol. The molecule has 0 radical (unpaired) electrons. The number of fused-ring (bicyclic) bond motifs is 1. The Morgan fingerprint density at radius 1 is 1.50 bits per heavy atom. The first kappa shape index (κ1) is 10.2. The number of halogens is 1. The molecule has 0 aliphatic carbocycles. The topological polar surface area (TPSA) is 85.1 Å². The summed E-state index contributed by atoms with van der Waals surface area (Å²) in [7, 11) is 0. The Kier molecular flexibility index (Phi) is 2.35. The first-order valence-corrected chi connectivity index (χ1v) is 4.33. The van der Waals surface area contributed by atoms with E-state index in [-0.39, 0.29) is 10.9 Å². The van der Waals surface area contributed by atoms with Crippen LogP contribution in [0.15, 0.2) is 23.0 Å². The molecule has 0 spiro atoms. The fourth-order valence-corrected chi connectivity index (χ4v) is 1.28. The first-order chi connectivity index (χ1) is 7.58. The van der Waals surface area contributed by atoms with Crippen LogP contribution in [0.3, 0.4) is 0 Å². The highest BCUT2D eigenvalue weighted by molar-refractivity contribution is 5.77. The molecule has 0 saturated carbocycles. The van der Waals surface area contributed by atoms with Crippen molar-refractivity contribution in [3.8, 4) is 0 Å². The van der Waals surface area contributed by atoms with E-state index in [4.69, 9.17) is 5.11 Å². The number of aromatic nitrogens is 3. The van der Waals surface area contributed by atoms with Gasteiger partial charge >= 0.3 is 5.97 Å². The summed E-state index contributed by atoms with van der Waals surface area (Å²) in [5, 5.41) is 15.6. The molecule has 6 nitrogen and oxygen atoms in total. The molecule has 1 aromatic heterocycles. The lowest BCUT2D eigenvalue weighted by Crippen LogP contribution is -2.27. The maximum Gasteiger partial charge on any atom is 0.325 e. The molecule has 0 amide bonds. The second kappa shape index (κ2) is 3.69. The Labute approximate surface area is 87.9 Å². The van der Waals surface area contributed by atoms with Gasteiger partial charge in [-0.05, 0) is 18.2 Å². The van der Waals surface area contributed by atoms with Gasteiger partial charge in [-0.25, -0.2) is 4.39 Å². The highest BCUT2D eigenvalue weighted by atomic mass is 19.1. The summed E-state index contributed by atoms with van der Waals surface area (Å²) in [5.41, 5.74) is -0.445. The Hall–Kier alpha value is -2.31. The molecule has 1 aromatic carbocycles. The Balaban J connectivity index is 2.68. The predicted molar refractivity (Wildman–Crippen MR) is 51.4 cm³/mol. The zero-order valence-corrected chi connectivity index (χ0v) is 7.92. The fourth-order valence-electron chi connectivity index (χ4n) is 1.28. The number of carbonyl (C=O) groups is 1. The molecule has 0 atom stereocenters. The van der Waals surface area contributed by atoms with Crippen molar-refractivity contribution in [3.63, 3.8) is 0 Å². The Morgan fingerprint density at radius 2 is 2.25 bits per heavy atom. The number of carboxylic acids is 1. The van der Waals surface area contributed by atoms with Gasteiger partial charge in [0, 0.05) is 0 Å². The zero-order valence-electron chi connectivity index (χ0n) is 7.92. The SMILES string of the molecule is O=C(O)Cn1nnc2ccc(F)cc2c1=O. The van der Waals surface area contributed by atoms with Crippen LogP contribution in [-0.4, -0.2) is 26.1 Å². The van der Waals surface area contributed by atoms with Crippen LogP contribution in [0.4, 0.5) is 4.39 Å². The van der Waals surface area contributed by atoms with Crippen molar-refractivity contribution in [2.24, 2.45) is 0 Å². The smallest absolute Gasteiger partial charge is 0.325 e. The van der Waals surface area contributed by atoms with Crippen LogP contribution < -0.4 is 5.56 Å². The van der Waals surface area contributed by atoms with Crippen LogP contribution in [0.25, 0.3) is 10.9 Å². The lowest BCUT2D eigenvalue weighted by atomic mass is 10.2. The van der Waals surface area contributed by atoms with Crippen LogP contribution in [-0.2, 0) is 11.3 Å². The number of aliphatic carboxylic acids is 1. The average Bonchev–Trinajstić information content (AvgIpc) is 2.22. The quantitative estimate of drug-likeness (QED) is 0.775. The second-order valence-electron chi connectivity index (χ2n) is 3.11. The number of benzene rings is 1. The molecule has 0 aliphatic rings. The van der Waals surface area contributed by atoms with Gasteiger partial charge in [-0.3, -0.25) is 9.59 Å². The van der Waals surface area contributed by atoms with E-state index in [1.807, 2.05) is 0 Å². The molecule has 7 heteroatoms. The molecule has 1 heterocycles. The standard InChI is InChI=1S/C9H6FN3O3/c10-5-1-2-7-6(3-5)9(16)13(12-11-7)4-8(14)15/h1-3H,4H2,(H,14,15). The van der Waals surface area contributed by atoms with Gasteiger partial charge < -0.3 is 5.11 Å². The summed E-state index contributed by atoms with van der Waals surface area (Å²) in [6, 6.07) is 3.47. The van der Waals surface area contributed by atoms with Gasteiger partial charge in [-0.2, -0.15) is 4.68 Å². The third-order valence-electron chi connectivity index (χ3n) is 1.97. The number of rotatable bonds is 2. The molecule has 2 aromatic rings. The first-order valence-electron chi connectivity index (χ1n) is 4.33. The summed E-state index contributed by atoms with van der Waals surface area (Å²) in [6.45, 7) is -0.599. The van der Waals surface area contributed by atoms with E-state index in [0.717, 1.165) is 12.1 Å². The summed E-state index contributed by atoms with van der Waals surface area (Å²) < 4.78 is 13.6. The summed E-state index contributed by atoms with van der Waals surface area (Å²) in [6.07, 6.45) is 0. The van der Waals surface area contributed by atoms with Gasteiger partial charge in [-0.1, -0.05) is 5.21 Å². The van der Waals surface area contributed by atoms with Crippen molar-refractivity contribution < 1.29 is 14.3 Å². The molecular weight excluding hydrogens is 217 g/mol. The van der Waals surface area contributed by atoms with Gasteiger partial charge in [-0.15, -0.1) is 5.10 Å². The largest absolute Gasteiger partial charge is 0.480 e. The maximum atomic E-state index is 12.9. The van der Waals surface area contributed by atoms with E-state index in [9.17, 15) is 14.0 Å². The number of hydrogen-bond donors (Lipinski definition) is 1. The third-order valence-corrected chi connectivity index (χ3v) is 1.97. The van der Waals surface area contributed by atoms with Gasteiger partial charge in [0.1, 0.15) is 17.9 Å². The van der Waals surface area contributed by atoms with E-state index >= 15 is 0 Å². The van der Waals surface area contributed by atoms with Crippen LogP contribution in [0.5, 0.6) is 0 Å². The lowest BCUT2D eigenvalue weighted by Gasteiger charge is -2.01. The van der Waals surface area contributed by atoms with Crippen LogP contribution in [0.2, 0.25) is 0 Å². The molecule has 1 N–H and O–H groups in total. The second-order valence-corrected chi connectivity index (χ2v) is 3.11. The molecule has 16 heavy (non-hydrogen) atoms. The molecule has 0 unspecified atom stereocenters. The molecule has 2 rings (SSSR count). The molecule has 82 valence electrons. The Bertz CT molecular complexity index is 623. The van der Waals surface area contributed by atoms with Gasteiger partial charge in [0.15, 0.2) is 0 Å². The van der Waals surface area contributed by atoms with Crippen LogP contribution >= 0.6 is 0 Å². The minimum Gasteiger partial charge on any atom is -0.480 e. The van der Waals surface area contributed by atoms with Gasteiger partial charge in [0.2, 0.25) is 0 Å². The van der Waals surface area contributed by atoms with E-state index in [1.165, 1.54) is 6.07 Å². The predicted octanol–water partition coefficient (Wildman–Crippen LogP) is 0.0152. The van der Waals surface area contributed by atoms with Gasteiger partial charge in [0.05, 0.1) is 5.39 Å². The van der Waals surface area contributed by atoms with Crippen molar-refractivity contribution in [1.29, 1.82) is 0 Å². The summed E-state index contributed by atoms with van der Waals surface area (Å²) >= 11 is 0. The van der Waals surface area contributed by atoms with E-state index in [2.05, 4.69) is 10.3 Å². The summed E-state index contributed by atoms with van der Waals surface area (Å²) in [4.78, 5) is 22.1. The van der Waals surface area contributed by atoms with E-state index in [1.54, 1.807) is 0 Å². The lowest BCUT2D eigenvalue weighted by molar-refractivity contribution is -0.138. The van der Waals surface area contributed by atoms with Crippen molar-refractivity contribution in [1.82, 2.24) is 15.0 Å². The minimum absolute atomic E-state index is 0.0104. The van der Waals surface area contributed by atoms with E-state index in [0.29, 0.717) is 4.68 Å². The van der Waals surface area contributed by atoms with Crippen LogP contribution in [0.1, 0.15) is 0 Å². The normalized spacial score (nSPS) is 10.6. The van der Waals surface area contributed by atoms with Crippen molar-refractivity contribution in [2.75, 3.05) is 0 Å². The minimum atomic E-state index is -1.22. The van der Waals surface area contributed by atoms with Crippen LogP contribution in [0, 0.1) is 5.82 Å². The summed E-state index contributed by atoms with van der Waals surface area (Å²) in [5.74, 6) is -1.80. The van der Waals surface area contributed by atoms with Crippen molar-refractivity contribution >= 4 is 16.9 Å². The highest BCUT2D eigenvalue weighted by Gasteiger charge is 2.08. The molecule has 0 bridgehead atoms. The highest BCUT2D eigenvalue weighted by Crippen LogP contribution is 2.07. The molecular formula is C9H6FN3O3.